The largest absolute Gasteiger partial charge is 0.303 e. The van der Waals surface area contributed by atoms with E-state index < -0.39 is 17.5 Å². The van der Waals surface area contributed by atoms with E-state index in [1.165, 1.54) is 18.6 Å². The van der Waals surface area contributed by atoms with Gasteiger partial charge in [0, 0.05) is 12.3 Å². The standard InChI is InChI=1S/C18H11F2N5O/c19-11-4-5-12(13(20)9-11)17-24-16(14-3-1-2-8-25(14)17)18(26)23-15-6-7-21-10-22-15/h1-10H,(H,21,22,23,26)/p+1. The number of aromatic nitrogens is 4. The van der Waals surface area contributed by atoms with Crippen LogP contribution in [0.2, 0.25) is 0 Å². The highest BCUT2D eigenvalue weighted by molar-refractivity contribution is 6.06. The summed E-state index contributed by atoms with van der Waals surface area (Å²) >= 11 is 0. The maximum Gasteiger partial charge on any atom is 0.301 e. The number of carbonyl (C=O) groups excluding carboxylic acids is 1. The fourth-order valence-corrected chi connectivity index (χ4v) is 2.68. The molecule has 0 aliphatic rings. The van der Waals surface area contributed by atoms with Crippen molar-refractivity contribution in [3.63, 3.8) is 0 Å². The first-order valence-corrected chi connectivity index (χ1v) is 7.68. The smallest absolute Gasteiger partial charge is 0.301 e. The molecule has 4 rings (SSSR count). The molecule has 4 aromatic rings. The third kappa shape index (κ3) is 2.77. The molecule has 0 saturated carbocycles. The van der Waals surface area contributed by atoms with Gasteiger partial charge in [-0.1, -0.05) is 6.07 Å². The fourth-order valence-electron chi connectivity index (χ4n) is 2.68. The van der Waals surface area contributed by atoms with E-state index in [0.717, 1.165) is 12.1 Å². The molecule has 1 amide bonds. The number of hydrogen-bond donors (Lipinski definition) is 2. The highest BCUT2D eigenvalue weighted by Crippen LogP contribution is 2.22. The summed E-state index contributed by atoms with van der Waals surface area (Å²) in [6.45, 7) is 0. The van der Waals surface area contributed by atoms with E-state index in [0.29, 0.717) is 17.2 Å². The number of H-pyrrole nitrogens is 1. The molecule has 0 bridgehead atoms. The summed E-state index contributed by atoms with van der Waals surface area (Å²) in [5, 5.41) is 2.65. The number of rotatable bonds is 3. The Morgan fingerprint density at radius 3 is 2.81 bits per heavy atom. The van der Waals surface area contributed by atoms with Crippen LogP contribution in [0.1, 0.15) is 10.5 Å². The van der Waals surface area contributed by atoms with Gasteiger partial charge in [0.1, 0.15) is 29.3 Å². The second kappa shape index (κ2) is 6.32. The minimum atomic E-state index is -0.729. The number of carbonyl (C=O) groups is 1. The van der Waals surface area contributed by atoms with Crippen molar-refractivity contribution >= 4 is 17.2 Å². The van der Waals surface area contributed by atoms with Gasteiger partial charge in [-0.15, -0.1) is 0 Å². The molecule has 0 radical (unpaired) electrons. The average Bonchev–Trinajstić information content (AvgIpc) is 3.02. The Balaban J connectivity index is 1.83. The molecule has 3 heterocycles. The summed E-state index contributed by atoms with van der Waals surface area (Å²) in [4.78, 5) is 23.3. The zero-order chi connectivity index (χ0) is 18.1. The summed E-state index contributed by atoms with van der Waals surface area (Å²) in [7, 11) is 0. The number of nitrogens with one attached hydrogen (secondary N) is 2. The van der Waals surface area contributed by atoms with E-state index >= 15 is 0 Å². The Kier molecular flexibility index (Phi) is 3.85. The molecule has 0 atom stereocenters. The predicted octanol–water partition coefficient (Wildman–Crippen LogP) is 2.74. The van der Waals surface area contributed by atoms with Crippen LogP contribution in [0, 0.1) is 11.6 Å². The lowest BCUT2D eigenvalue weighted by molar-refractivity contribution is -0.498. The van der Waals surface area contributed by atoms with Gasteiger partial charge in [-0.25, -0.2) is 23.7 Å². The van der Waals surface area contributed by atoms with Gasteiger partial charge in [-0.3, -0.25) is 4.79 Å². The molecule has 26 heavy (non-hydrogen) atoms. The number of anilines is 1. The Morgan fingerprint density at radius 1 is 1.15 bits per heavy atom. The van der Waals surface area contributed by atoms with Gasteiger partial charge in [0.05, 0.1) is 6.20 Å². The lowest BCUT2D eigenvalue weighted by atomic mass is 10.2. The second-order valence-corrected chi connectivity index (χ2v) is 5.48. The van der Waals surface area contributed by atoms with E-state index in [-0.39, 0.29) is 11.3 Å². The number of pyridine rings is 1. The summed E-state index contributed by atoms with van der Waals surface area (Å²) in [6, 6.07) is 10.1. The summed E-state index contributed by atoms with van der Waals surface area (Å²) in [5.74, 6) is -1.18. The number of halogens is 2. The highest BCUT2D eigenvalue weighted by Gasteiger charge is 2.26. The van der Waals surface area contributed by atoms with Crippen molar-refractivity contribution in [2.45, 2.75) is 0 Å². The van der Waals surface area contributed by atoms with Crippen molar-refractivity contribution in [1.82, 2.24) is 15.0 Å². The van der Waals surface area contributed by atoms with E-state index in [1.807, 2.05) is 0 Å². The predicted molar refractivity (Wildman–Crippen MR) is 89.3 cm³/mol. The van der Waals surface area contributed by atoms with Gasteiger partial charge in [-0.05, 0) is 30.3 Å². The molecule has 6 nitrogen and oxygen atoms in total. The summed E-state index contributed by atoms with van der Waals surface area (Å²) in [6.07, 6.45) is 4.51. The quantitative estimate of drug-likeness (QED) is 0.557. The molecule has 0 fully saturated rings. The number of nitrogens with zero attached hydrogens (tertiary/aromatic N) is 3. The van der Waals surface area contributed by atoms with Crippen LogP contribution in [-0.2, 0) is 0 Å². The first-order valence-electron chi connectivity index (χ1n) is 7.68. The Hall–Kier alpha value is -3.68. The number of hydrogen-bond acceptors (Lipinski definition) is 3. The molecular weight excluding hydrogens is 340 g/mol. The molecular formula is C18H12F2N5O+. The van der Waals surface area contributed by atoms with Crippen LogP contribution in [0.15, 0.2) is 61.2 Å². The molecule has 128 valence electrons. The van der Waals surface area contributed by atoms with E-state index in [9.17, 15) is 13.6 Å². The Bertz CT molecular complexity index is 1110. The first-order chi connectivity index (χ1) is 12.6. The van der Waals surface area contributed by atoms with E-state index in [2.05, 4.69) is 20.3 Å². The van der Waals surface area contributed by atoms with Gasteiger partial charge >= 0.3 is 5.91 Å². The third-order valence-corrected chi connectivity index (χ3v) is 3.84. The molecule has 0 aliphatic heterocycles. The number of amides is 1. The van der Waals surface area contributed by atoms with E-state index in [1.54, 1.807) is 34.9 Å². The topological polar surface area (TPSA) is 74.8 Å². The van der Waals surface area contributed by atoms with Crippen molar-refractivity contribution in [3.8, 4) is 11.4 Å². The Morgan fingerprint density at radius 2 is 2.04 bits per heavy atom. The van der Waals surface area contributed by atoms with Crippen LogP contribution in [-0.4, -0.2) is 20.9 Å². The van der Waals surface area contributed by atoms with Crippen molar-refractivity contribution < 1.29 is 18.0 Å². The number of fused-ring (bicyclic) bond motifs is 1. The zero-order valence-electron chi connectivity index (χ0n) is 13.3. The van der Waals surface area contributed by atoms with Crippen LogP contribution in [0.4, 0.5) is 14.6 Å². The van der Waals surface area contributed by atoms with Gasteiger partial charge in [0.2, 0.25) is 5.69 Å². The maximum atomic E-state index is 14.2. The van der Waals surface area contributed by atoms with Gasteiger partial charge in [0.15, 0.2) is 5.52 Å². The Labute approximate surface area is 146 Å². The molecule has 1 aromatic carbocycles. The monoisotopic (exact) mass is 352 g/mol. The highest BCUT2D eigenvalue weighted by atomic mass is 19.1. The molecule has 0 unspecified atom stereocenters. The molecule has 0 spiro atoms. The second-order valence-electron chi connectivity index (χ2n) is 5.48. The van der Waals surface area contributed by atoms with Gasteiger partial charge in [-0.2, -0.15) is 4.40 Å². The zero-order valence-corrected chi connectivity index (χ0v) is 13.3. The maximum absolute atomic E-state index is 14.2. The third-order valence-electron chi connectivity index (χ3n) is 3.84. The van der Waals surface area contributed by atoms with Crippen LogP contribution in [0.3, 0.4) is 0 Å². The summed E-state index contributed by atoms with van der Waals surface area (Å²) in [5.41, 5.74) is 0.911. The molecule has 2 N–H and O–H groups in total. The van der Waals surface area contributed by atoms with Crippen molar-refractivity contribution in [2.75, 3.05) is 5.32 Å². The SMILES string of the molecule is O=C(Nc1ccncn1)c1[nH]c(-c2ccc(F)cc2F)[n+]2ccccc12. The van der Waals surface area contributed by atoms with Crippen molar-refractivity contribution in [1.29, 1.82) is 0 Å². The number of imidazole rings is 1. The van der Waals surface area contributed by atoms with Crippen LogP contribution < -0.4 is 9.72 Å². The molecule has 0 saturated heterocycles. The van der Waals surface area contributed by atoms with Crippen molar-refractivity contribution in [3.05, 3.63) is 78.5 Å². The van der Waals surface area contributed by atoms with Crippen LogP contribution >= 0.6 is 0 Å². The number of aromatic amines is 1. The lowest BCUT2D eigenvalue weighted by Gasteiger charge is -1.99. The number of benzene rings is 1. The molecule has 8 heteroatoms. The fraction of sp³-hybridized carbons (Fsp3) is 0. The molecule has 0 aliphatic carbocycles. The van der Waals surface area contributed by atoms with Gasteiger partial charge < -0.3 is 5.32 Å². The normalized spacial score (nSPS) is 10.8. The van der Waals surface area contributed by atoms with Gasteiger partial charge in [0.25, 0.3) is 5.82 Å². The lowest BCUT2D eigenvalue weighted by Crippen LogP contribution is -2.22. The van der Waals surface area contributed by atoms with E-state index in [4.69, 9.17) is 0 Å². The van der Waals surface area contributed by atoms with Crippen molar-refractivity contribution in [2.24, 2.45) is 0 Å². The molecule has 3 aromatic heterocycles. The average molecular weight is 352 g/mol. The summed E-state index contributed by atoms with van der Waals surface area (Å²) < 4.78 is 29.1. The first kappa shape index (κ1) is 15.8. The van der Waals surface area contributed by atoms with Crippen LogP contribution in [0.25, 0.3) is 16.9 Å². The van der Waals surface area contributed by atoms with Crippen LogP contribution in [0.5, 0.6) is 0 Å². The minimum Gasteiger partial charge on any atom is -0.303 e. The minimum absolute atomic E-state index is 0.147.